The number of amides is 2. The van der Waals surface area contributed by atoms with Crippen molar-refractivity contribution in [3.63, 3.8) is 0 Å². The van der Waals surface area contributed by atoms with Crippen LogP contribution in [0.5, 0.6) is 11.5 Å². The molecule has 0 aliphatic rings. The highest BCUT2D eigenvalue weighted by atomic mass is 16.5. The Labute approximate surface area is 194 Å². The van der Waals surface area contributed by atoms with Gasteiger partial charge in [-0.1, -0.05) is 54.6 Å². The number of ether oxygens (including phenoxy) is 2. The number of rotatable bonds is 8. The van der Waals surface area contributed by atoms with Crippen LogP contribution in [0.15, 0.2) is 72.8 Å². The van der Waals surface area contributed by atoms with Crippen molar-refractivity contribution in [2.24, 2.45) is 0 Å². The normalized spacial score (nSPS) is 10.9. The maximum absolute atomic E-state index is 13.0. The van der Waals surface area contributed by atoms with Crippen molar-refractivity contribution in [3.8, 4) is 11.5 Å². The lowest BCUT2D eigenvalue weighted by Gasteiger charge is -2.25. The number of hydrogen-bond acceptors (Lipinski definition) is 3. The standard InChI is InChI=1S/C28H30N2O3/c1-4-29-28(31)30(16-15-20-13-14-26(32-2)27(17-20)33-3)19-25-23-11-7-5-9-21(23)18-22-10-6-8-12-24(22)25/h5-14,17-18H,4,15-16,19H2,1-3H3,(H,29,31). The molecule has 4 rings (SSSR count). The second-order valence-corrected chi connectivity index (χ2v) is 7.99. The van der Waals surface area contributed by atoms with Crippen LogP contribution in [0.3, 0.4) is 0 Å². The van der Waals surface area contributed by atoms with E-state index in [0.29, 0.717) is 37.6 Å². The van der Waals surface area contributed by atoms with Crippen molar-refractivity contribution in [2.45, 2.75) is 19.9 Å². The van der Waals surface area contributed by atoms with Crippen molar-refractivity contribution in [2.75, 3.05) is 27.3 Å². The molecular weight excluding hydrogens is 412 g/mol. The van der Waals surface area contributed by atoms with Crippen LogP contribution < -0.4 is 14.8 Å². The van der Waals surface area contributed by atoms with Crippen molar-refractivity contribution in [1.29, 1.82) is 0 Å². The minimum atomic E-state index is -0.0602. The zero-order valence-corrected chi connectivity index (χ0v) is 19.4. The van der Waals surface area contributed by atoms with Gasteiger partial charge < -0.3 is 19.7 Å². The number of urea groups is 1. The van der Waals surface area contributed by atoms with Crippen LogP contribution in [0.1, 0.15) is 18.1 Å². The predicted octanol–water partition coefficient (Wildman–Crippen LogP) is 5.78. The lowest BCUT2D eigenvalue weighted by atomic mass is 9.96. The van der Waals surface area contributed by atoms with Gasteiger partial charge in [-0.15, -0.1) is 0 Å². The van der Waals surface area contributed by atoms with Gasteiger partial charge in [0.15, 0.2) is 11.5 Å². The van der Waals surface area contributed by atoms with Gasteiger partial charge in [0.1, 0.15) is 0 Å². The molecule has 0 heterocycles. The topological polar surface area (TPSA) is 50.8 Å². The Morgan fingerprint density at radius 2 is 1.48 bits per heavy atom. The quantitative estimate of drug-likeness (QED) is 0.352. The summed E-state index contributed by atoms with van der Waals surface area (Å²) in [7, 11) is 3.26. The number of nitrogens with one attached hydrogen (secondary N) is 1. The Kier molecular flexibility index (Phi) is 6.98. The predicted molar refractivity (Wildman–Crippen MR) is 134 cm³/mol. The molecule has 1 N–H and O–H groups in total. The average molecular weight is 443 g/mol. The minimum absolute atomic E-state index is 0.0602. The lowest BCUT2D eigenvalue weighted by Crippen LogP contribution is -2.40. The maximum atomic E-state index is 13.0. The van der Waals surface area contributed by atoms with Gasteiger partial charge in [0.05, 0.1) is 14.2 Å². The number of methoxy groups -OCH3 is 2. The molecule has 170 valence electrons. The van der Waals surface area contributed by atoms with E-state index >= 15 is 0 Å². The van der Waals surface area contributed by atoms with Crippen molar-refractivity contribution < 1.29 is 14.3 Å². The molecule has 0 fully saturated rings. The van der Waals surface area contributed by atoms with Gasteiger partial charge in [0, 0.05) is 19.6 Å². The first-order valence-corrected chi connectivity index (χ1v) is 11.3. The molecule has 0 spiro atoms. The van der Waals surface area contributed by atoms with E-state index in [0.717, 1.165) is 5.56 Å². The fraction of sp³-hybridized carbons (Fsp3) is 0.250. The molecule has 2 amide bonds. The van der Waals surface area contributed by atoms with E-state index in [9.17, 15) is 4.79 Å². The van der Waals surface area contributed by atoms with Crippen LogP contribution in [-0.2, 0) is 13.0 Å². The zero-order valence-electron chi connectivity index (χ0n) is 19.4. The smallest absolute Gasteiger partial charge is 0.317 e. The fourth-order valence-corrected chi connectivity index (χ4v) is 4.28. The number of fused-ring (bicyclic) bond motifs is 2. The summed E-state index contributed by atoms with van der Waals surface area (Å²) in [5, 5.41) is 7.70. The van der Waals surface area contributed by atoms with Crippen molar-refractivity contribution in [1.82, 2.24) is 10.2 Å². The van der Waals surface area contributed by atoms with Crippen molar-refractivity contribution in [3.05, 3.63) is 83.9 Å². The SMILES string of the molecule is CCNC(=O)N(CCc1ccc(OC)c(OC)c1)Cc1c2ccccc2cc2ccccc12. The highest BCUT2D eigenvalue weighted by Gasteiger charge is 2.17. The first-order valence-electron chi connectivity index (χ1n) is 11.3. The molecule has 0 aliphatic carbocycles. The van der Waals surface area contributed by atoms with Crippen LogP contribution in [0, 0.1) is 0 Å². The molecular formula is C28H30N2O3. The Balaban J connectivity index is 1.67. The molecule has 0 unspecified atom stereocenters. The van der Waals surface area contributed by atoms with E-state index in [1.165, 1.54) is 27.1 Å². The summed E-state index contributed by atoms with van der Waals surface area (Å²) in [6.45, 7) is 3.64. The Bertz CT molecular complexity index is 1210. The fourth-order valence-electron chi connectivity index (χ4n) is 4.28. The van der Waals surface area contributed by atoms with Gasteiger partial charge in [-0.2, -0.15) is 0 Å². The van der Waals surface area contributed by atoms with Crippen molar-refractivity contribution >= 4 is 27.6 Å². The third-order valence-electron chi connectivity index (χ3n) is 5.97. The number of benzene rings is 4. The van der Waals surface area contributed by atoms with E-state index in [1.807, 2.05) is 30.0 Å². The average Bonchev–Trinajstić information content (AvgIpc) is 2.85. The Morgan fingerprint density at radius 1 is 0.848 bits per heavy atom. The maximum Gasteiger partial charge on any atom is 0.317 e. The Hall–Kier alpha value is -3.73. The first kappa shape index (κ1) is 22.5. The molecule has 0 bridgehead atoms. The summed E-state index contributed by atoms with van der Waals surface area (Å²) in [6.07, 6.45) is 0.709. The van der Waals surface area contributed by atoms with Gasteiger partial charge in [0.25, 0.3) is 0 Å². The molecule has 0 atom stereocenters. The number of carbonyl (C=O) groups is 1. The van der Waals surface area contributed by atoms with Crippen LogP contribution in [-0.4, -0.2) is 38.2 Å². The van der Waals surface area contributed by atoms with E-state index < -0.39 is 0 Å². The van der Waals surface area contributed by atoms with E-state index in [2.05, 4.69) is 59.9 Å². The van der Waals surface area contributed by atoms with Crippen LogP contribution in [0.2, 0.25) is 0 Å². The zero-order chi connectivity index (χ0) is 23.2. The molecule has 0 saturated heterocycles. The second-order valence-electron chi connectivity index (χ2n) is 7.99. The number of carbonyl (C=O) groups excluding carboxylic acids is 1. The Morgan fingerprint density at radius 3 is 2.09 bits per heavy atom. The largest absolute Gasteiger partial charge is 0.493 e. The van der Waals surface area contributed by atoms with Crippen LogP contribution in [0.25, 0.3) is 21.5 Å². The highest BCUT2D eigenvalue weighted by molar-refractivity contribution is 6.02. The number of hydrogen-bond donors (Lipinski definition) is 1. The molecule has 4 aromatic carbocycles. The van der Waals surface area contributed by atoms with Crippen LogP contribution >= 0.6 is 0 Å². The van der Waals surface area contributed by atoms with Gasteiger partial charge >= 0.3 is 6.03 Å². The third-order valence-corrected chi connectivity index (χ3v) is 5.97. The summed E-state index contributed by atoms with van der Waals surface area (Å²) < 4.78 is 10.8. The van der Waals surface area contributed by atoms with Gasteiger partial charge in [0.2, 0.25) is 0 Å². The molecule has 33 heavy (non-hydrogen) atoms. The highest BCUT2D eigenvalue weighted by Crippen LogP contribution is 2.30. The molecule has 0 radical (unpaired) electrons. The molecule has 5 heteroatoms. The monoisotopic (exact) mass is 442 g/mol. The summed E-state index contributed by atoms with van der Waals surface area (Å²) in [5.74, 6) is 1.39. The van der Waals surface area contributed by atoms with E-state index in [1.54, 1.807) is 14.2 Å². The summed E-state index contributed by atoms with van der Waals surface area (Å²) in [6, 6.07) is 24.8. The van der Waals surface area contributed by atoms with Gasteiger partial charge in [-0.05, 0) is 64.2 Å². The minimum Gasteiger partial charge on any atom is -0.493 e. The summed E-state index contributed by atoms with van der Waals surface area (Å²) in [5.41, 5.74) is 2.26. The van der Waals surface area contributed by atoms with Crippen LogP contribution in [0.4, 0.5) is 4.79 Å². The van der Waals surface area contributed by atoms with Gasteiger partial charge in [-0.25, -0.2) is 4.79 Å². The third kappa shape index (κ3) is 4.87. The summed E-state index contributed by atoms with van der Waals surface area (Å²) in [4.78, 5) is 14.9. The molecule has 0 aliphatic heterocycles. The first-order chi connectivity index (χ1) is 16.1. The molecule has 5 nitrogen and oxygen atoms in total. The molecule has 0 aromatic heterocycles. The summed E-state index contributed by atoms with van der Waals surface area (Å²) >= 11 is 0. The number of nitrogens with zero attached hydrogens (tertiary/aromatic N) is 1. The second kappa shape index (κ2) is 10.3. The molecule has 0 saturated carbocycles. The van der Waals surface area contributed by atoms with E-state index in [4.69, 9.17) is 9.47 Å². The molecule has 4 aromatic rings. The van der Waals surface area contributed by atoms with E-state index in [-0.39, 0.29) is 6.03 Å². The van der Waals surface area contributed by atoms with Gasteiger partial charge in [-0.3, -0.25) is 0 Å². The lowest BCUT2D eigenvalue weighted by molar-refractivity contribution is 0.197.